The Morgan fingerprint density at radius 2 is 1.53 bits per heavy atom. The molecular weight excluding hydrogens is 468 g/mol. The van der Waals surface area contributed by atoms with Gasteiger partial charge in [-0.2, -0.15) is 0 Å². The van der Waals surface area contributed by atoms with Crippen LogP contribution in [-0.4, -0.2) is 53.9 Å². The van der Waals surface area contributed by atoms with Gasteiger partial charge in [-0.3, -0.25) is 4.79 Å². The Bertz CT molecular complexity index is 1160. The van der Waals surface area contributed by atoms with Gasteiger partial charge in [-0.1, -0.05) is 6.07 Å². The number of benzene rings is 2. The number of hydrogen-bond acceptors (Lipinski definition) is 9. The Balaban J connectivity index is 2.42. The van der Waals surface area contributed by atoms with Gasteiger partial charge in [-0.05, 0) is 23.8 Å². The minimum atomic E-state index is -3.82. The quantitative estimate of drug-likeness (QED) is 0.465. The summed E-state index contributed by atoms with van der Waals surface area (Å²) < 4.78 is 51.5. The summed E-state index contributed by atoms with van der Waals surface area (Å²) in [5.74, 6) is -1.38. The van der Waals surface area contributed by atoms with Crippen LogP contribution in [0.4, 0.5) is 0 Å². The Hall–Kier alpha value is -3.73. The molecule has 1 unspecified atom stereocenters. The largest absolute Gasteiger partial charge is 0.496 e. The standard InChI is InChI=1S/C23H26O10S/c1-14(24)33-22(23(25)26)18-10-15(6-7-19(18)30-3)13-34(27,28)9-8-17-20(31-4)11-16(29-2)12-21(17)32-5/h6-12,22H,13H2,1-5H3,(H,25,26)/b9-8+. The molecule has 2 rings (SSSR count). The molecule has 0 bridgehead atoms. The molecule has 0 radical (unpaired) electrons. The second-order valence-corrected chi connectivity index (χ2v) is 8.85. The highest BCUT2D eigenvalue weighted by Gasteiger charge is 2.27. The van der Waals surface area contributed by atoms with Crippen molar-refractivity contribution in [2.24, 2.45) is 0 Å². The smallest absolute Gasteiger partial charge is 0.349 e. The van der Waals surface area contributed by atoms with Gasteiger partial charge in [0.15, 0.2) is 9.84 Å². The van der Waals surface area contributed by atoms with Gasteiger partial charge >= 0.3 is 11.9 Å². The lowest BCUT2D eigenvalue weighted by molar-refractivity contribution is -0.163. The third-order valence-electron chi connectivity index (χ3n) is 4.65. The average molecular weight is 495 g/mol. The fraction of sp³-hybridized carbons (Fsp3) is 0.304. The molecule has 34 heavy (non-hydrogen) atoms. The highest BCUT2D eigenvalue weighted by Crippen LogP contribution is 2.35. The molecular formula is C23H26O10S. The van der Waals surface area contributed by atoms with Crippen LogP contribution in [0.25, 0.3) is 6.08 Å². The average Bonchev–Trinajstić information content (AvgIpc) is 2.79. The number of ether oxygens (including phenoxy) is 5. The number of carbonyl (C=O) groups excluding carboxylic acids is 1. The number of rotatable bonds is 11. The molecule has 0 saturated heterocycles. The van der Waals surface area contributed by atoms with E-state index in [2.05, 4.69) is 0 Å². The van der Waals surface area contributed by atoms with Gasteiger partial charge in [0.1, 0.15) is 23.0 Å². The first-order valence-corrected chi connectivity index (χ1v) is 11.5. The fourth-order valence-electron chi connectivity index (χ4n) is 3.14. The normalized spacial score (nSPS) is 12.1. The second-order valence-electron chi connectivity index (χ2n) is 6.96. The summed E-state index contributed by atoms with van der Waals surface area (Å²) in [5, 5.41) is 10.5. The van der Waals surface area contributed by atoms with Crippen molar-refractivity contribution >= 4 is 27.9 Å². The van der Waals surface area contributed by atoms with E-state index >= 15 is 0 Å². The number of carboxylic acids is 1. The maximum Gasteiger partial charge on any atom is 0.349 e. The van der Waals surface area contributed by atoms with Gasteiger partial charge in [0.05, 0.1) is 39.8 Å². The van der Waals surface area contributed by atoms with Crippen molar-refractivity contribution in [3.05, 3.63) is 52.4 Å². The van der Waals surface area contributed by atoms with E-state index in [4.69, 9.17) is 23.7 Å². The van der Waals surface area contributed by atoms with Crippen LogP contribution < -0.4 is 18.9 Å². The van der Waals surface area contributed by atoms with Crippen molar-refractivity contribution in [3.63, 3.8) is 0 Å². The summed E-state index contributed by atoms with van der Waals surface area (Å²) in [6.45, 7) is 1.07. The van der Waals surface area contributed by atoms with E-state index in [1.54, 1.807) is 12.1 Å². The molecule has 0 heterocycles. The summed E-state index contributed by atoms with van der Waals surface area (Å²) >= 11 is 0. The summed E-state index contributed by atoms with van der Waals surface area (Å²) in [5.41, 5.74) is 0.679. The number of hydrogen-bond donors (Lipinski definition) is 1. The highest BCUT2D eigenvalue weighted by molar-refractivity contribution is 7.93. The van der Waals surface area contributed by atoms with Crippen LogP contribution in [0.15, 0.2) is 35.7 Å². The van der Waals surface area contributed by atoms with E-state index in [1.165, 1.54) is 52.7 Å². The first kappa shape index (κ1) is 26.5. The Morgan fingerprint density at radius 3 is 2.00 bits per heavy atom. The highest BCUT2D eigenvalue weighted by atomic mass is 32.2. The van der Waals surface area contributed by atoms with Crippen molar-refractivity contribution in [1.82, 2.24) is 0 Å². The van der Waals surface area contributed by atoms with Gasteiger partial charge in [0, 0.05) is 30.0 Å². The van der Waals surface area contributed by atoms with Crippen molar-refractivity contribution < 1.29 is 46.8 Å². The molecule has 184 valence electrons. The van der Waals surface area contributed by atoms with Gasteiger partial charge < -0.3 is 28.8 Å². The topological polar surface area (TPSA) is 135 Å². The molecule has 0 saturated carbocycles. The van der Waals surface area contributed by atoms with Gasteiger partial charge in [0.2, 0.25) is 6.10 Å². The van der Waals surface area contributed by atoms with Crippen LogP contribution in [-0.2, 0) is 29.9 Å². The minimum Gasteiger partial charge on any atom is -0.496 e. The van der Waals surface area contributed by atoms with E-state index in [0.29, 0.717) is 22.8 Å². The lowest BCUT2D eigenvalue weighted by Gasteiger charge is -2.17. The molecule has 0 aliphatic rings. The van der Waals surface area contributed by atoms with E-state index in [-0.39, 0.29) is 16.9 Å². The van der Waals surface area contributed by atoms with E-state index in [1.807, 2.05) is 0 Å². The van der Waals surface area contributed by atoms with Gasteiger partial charge in [-0.25, -0.2) is 13.2 Å². The second kappa shape index (κ2) is 11.4. The first-order chi connectivity index (χ1) is 16.0. The molecule has 10 nitrogen and oxygen atoms in total. The summed E-state index contributed by atoms with van der Waals surface area (Å²) in [4.78, 5) is 23.0. The third-order valence-corrected chi connectivity index (χ3v) is 5.93. The van der Waals surface area contributed by atoms with Gasteiger partial charge in [0.25, 0.3) is 0 Å². The van der Waals surface area contributed by atoms with Crippen molar-refractivity contribution in [2.75, 3.05) is 28.4 Å². The van der Waals surface area contributed by atoms with E-state index in [0.717, 1.165) is 12.3 Å². The summed E-state index contributed by atoms with van der Waals surface area (Å²) in [6, 6.07) is 7.39. The number of sulfone groups is 1. The Morgan fingerprint density at radius 1 is 0.941 bits per heavy atom. The Kier molecular flexibility index (Phi) is 8.90. The van der Waals surface area contributed by atoms with Crippen molar-refractivity contribution in [1.29, 1.82) is 0 Å². The summed E-state index contributed by atoms with van der Waals surface area (Å²) in [6.07, 6.45) is -0.311. The number of carbonyl (C=O) groups is 2. The molecule has 0 aliphatic heterocycles. The molecule has 11 heteroatoms. The van der Waals surface area contributed by atoms with Crippen molar-refractivity contribution in [3.8, 4) is 23.0 Å². The molecule has 1 atom stereocenters. The molecule has 1 N–H and O–H groups in total. The lowest BCUT2D eigenvalue weighted by Crippen LogP contribution is -2.19. The number of esters is 1. The lowest BCUT2D eigenvalue weighted by atomic mass is 10.0. The molecule has 0 fully saturated rings. The van der Waals surface area contributed by atoms with E-state index in [9.17, 15) is 23.1 Å². The first-order valence-electron chi connectivity index (χ1n) is 9.82. The summed E-state index contributed by atoms with van der Waals surface area (Å²) in [7, 11) is 1.84. The predicted octanol–water partition coefficient (Wildman–Crippen LogP) is 3.00. The SMILES string of the molecule is COc1cc(OC)c(/C=C/S(=O)(=O)Cc2ccc(OC)c(C(OC(C)=O)C(=O)O)c2)c(OC)c1. The number of methoxy groups -OCH3 is 4. The predicted molar refractivity (Wildman–Crippen MR) is 123 cm³/mol. The van der Waals surface area contributed by atoms with Crippen LogP contribution in [0.2, 0.25) is 0 Å². The Labute approximate surface area is 197 Å². The number of carboxylic acid groups (broad SMARTS) is 1. The number of aliphatic carboxylic acids is 1. The van der Waals surface area contributed by atoms with Crippen LogP contribution in [0, 0.1) is 0 Å². The minimum absolute atomic E-state index is 0.0142. The molecule has 2 aromatic carbocycles. The third kappa shape index (κ3) is 6.64. The fourth-order valence-corrected chi connectivity index (χ4v) is 4.22. The van der Waals surface area contributed by atoms with E-state index < -0.39 is 33.6 Å². The maximum absolute atomic E-state index is 12.8. The molecule has 2 aromatic rings. The monoisotopic (exact) mass is 494 g/mol. The van der Waals surface area contributed by atoms with Crippen LogP contribution in [0.3, 0.4) is 0 Å². The van der Waals surface area contributed by atoms with Crippen LogP contribution >= 0.6 is 0 Å². The molecule has 0 amide bonds. The zero-order chi connectivity index (χ0) is 25.5. The van der Waals surface area contributed by atoms with Crippen LogP contribution in [0.1, 0.15) is 29.7 Å². The van der Waals surface area contributed by atoms with Gasteiger partial charge in [-0.15, -0.1) is 0 Å². The zero-order valence-electron chi connectivity index (χ0n) is 19.4. The van der Waals surface area contributed by atoms with Crippen LogP contribution in [0.5, 0.6) is 23.0 Å². The maximum atomic E-state index is 12.8. The van der Waals surface area contributed by atoms with Crippen molar-refractivity contribution in [2.45, 2.75) is 18.8 Å². The molecule has 0 aliphatic carbocycles. The molecule has 0 aromatic heterocycles. The zero-order valence-corrected chi connectivity index (χ0v) is 20.2. The molecule has 0 spiro atoms.